The Kier molecular flexibility index (Phi) is 16.0. The average molecular weight is 814 g/mol. The number of rotatable bonds is 20. The summed E-state index contributed by atoms with van der Waals surface area (Å²) in [4.78, 5) is 103. The Morgan fingerprint density at radius 2 is 1.61 bits per heavy atom. The number of carbonyl (C=O) groups is 7. The van der Waals surface area contributed by atoms with Gasteiger partial charge in [0.2, 0.25) is 41.4 Å². The first-order valence-corrected chi connectivity index (χ1v) is 19.8. The number of nitrogens with zero attached hydrogens (tertiary/aromatic N) is 2. The SMILES string of the molecule is CC(C)C[C@H](NC(=O)[C@H](Cc1cnc[nH]1)NC(=O)CNC(=O)[C@@H](NC(=O)[C@H](C)NC(=O)[C@H](Cc1c[nH]c2ccccc12)NF)C(C)C)C(=O)N1CSC[C@H]1C(N)=O. The summed E-state index contributed by atoms with van der Waals surface area (Å²) in [5.74, 6) is -4.64. The van der Waals surface area contributed by atoms with Crippen molar-refractivity contribution in [3.63, 3.8) is 0 Å². The van der Waals surface area contributed by atoms with E-state index in [9.17, 15) is 38.0 Å². The number of thioether (sulfide) groups is 1. The number of aromatic nitrogens is 3. The van der Waals surface area contributed by atoms with Crippen LogP contribution >= 0.6 is 11.8 Å². The summed E-state index contributed by atoms with van der Waals surface area (Å²) >= 11 is 1.37. The first-order valence-electron chi connectivity index (χ1n) is 18.6. The largest absolute Gasteiger partial charge is 0.368 e. The Morgan fingerprint density at radius 1 is 0.895 bits per heavy atom. The number of hydrogen-bond donors (Lipinski definition) is 9. The van der Waals surface area contributed by atoms with Crippen LogP contribution in [0.25, 0.3) is 10.9 Å². The minimum atomic E-state index is -1.30. The van der Waals surface area contributed by atoms with Gasteiger partial charge in [0.1, 0.15) is 36.3 Å². The Labute approximate surface area is 333 Å². The number of halogens is 1. The van der Waals surface area contributed by atoms with Gasteiger partial charge in [-0.05, 0) is 36.8 Å². The molecule has 20 heteroatoms. The third-order valence-corrected chi connectivity index (χ3v) is 10.4. The third kappa shape index (κ3) is 12.2. The lowest BCUT2D eigenvalue weighted by Gasteiger charge is -2.29. The summed E-state index contributed by atoms with van der Waals surface area (Å²) in [6.07, 6.45) is 4.77. The van der Waals surface area contributed by atoms with E-state index in [2.05, 4.69) is 41.5 Å². The monoisotopic (exact) mass is 813 g/mol. The van der Waals surface area contributed by atoms with Crippen molar-refractivity contribution in [1.29, 1.82) is 0 Å². The molecule has 18 nitrogen and oxygen atoms in total. The Balaban J connectivity index is 1.35. The number of imidazole rings is 1. The van der Waals surface area contributed by atoms with Gasteiger partial charge < -0.3 is 47.2 Å². The zero-order valence-electron chi connectivity index (χ0n) is 32.5. The number of para-hydroxylation sites is 1. The number of hydrogen-bond acceptors (Lipinski definition) is 10. The number of benzene rings is 1. The van der Waals surface area contributed by atoms with Crippen molar-refractivity contribution in [2.45, 2.75) is 90.1 Å². The molecule has 310 valence electrons. The van der Waals surface area contributed by atoms with Crippen LogP contribution in [0.15, 0.2) is 43.0 Å². The van der Waals surface area contributed by atoms with E-state index in [-0.39, 0.29) is 31.1 Å². The van der Waals surface area contributed by atoms with E-state index >= 15 is 0 Å². The van der Waals surface area contributed by atoms with Crippen molar-refractivity contribution in [3.05, 3.63) is 54.2 Å². The molecule has 0 aliphatic carbocycles. The topological polar surface area (TPSA) is 265 Å². The Hall–Kier alpha value is -5.50. The Bertz CT molecular complexity index is 1890. The standard InChI is InChI=1S/C37H52FN11O7S/c1-19(2)10-28(37(56)49-18-57-16-29(49)32(39)51)46-34(53)26(12-23-14-40-17-43-23)45-30(50)15-42-36(55)31(20(3)4)47-33(52)21(5)44-35(54)27(48-38)11-22-13-41-25-9-7-6-8-24(22)25/h6-9,13-14,17,19-21,26-29,31,41,48H,10-12,15-16,18H2,1-5H3,(H2,39,51)(H,40,43)(H,42,55)(H,44,54)(H,45,50)(H,46,53)(H,47,52)/t21-,26-,27-,28-,29-,31-/m0/s1. The van der Waals surface area contributed by atoms with Crippen molar-refractivity contribution in [1.82, 2.24) is 52.0 Å². The maximum absolute atomic E-state index is 13.8. The second-order valence-corrected chi connectivity index (χ2v) is 15.7. The maximum Gasteiger partial charge on any atom is 0.246 e. The fraction of sp³-hybridized carbons (Fsp3) is 0.514. The summed E-state index contributed by atoms with van der Waals surface area (Å²) < 4.78 is 13.8. The first kappa shape index (κ1) is 44.2. The van der Waals surface area contributed by atoms with Gasteiger partial charge >= 0.3 is 0 Å². The molecule has 1 fully saturated rings. The van der Waals surface area contributed by atoms with Gasteiger partial charge in [0.15, 0.2) is 0 Å². The van der Waals surface area contributed by atoms with Crippen LogP contribution in [0.2, 0.25) is 0 Å². The number of primary amides is 1. The summed E-state index contributed by atoms with van der Waals surface area (Å²) in [5, 5.41) is 13.7. The number of amides is 7. The van der Waals surface area contributed by atoms with Gasteiger partial charge in [0, 0.05) is 47.6 Å². The minimum Gasteiger partial charge on any atom is -0.368 e. The molecular weight excluding hydrogens is 762 g/mol. The number of carbonyl (C=O) groups excluding carboxylic acids is 7. The fourth-order valence-electron chi connectivity index (χ4n) is 6.30. The van der Waals surface area contributed by atoms with Gasteiger partial charge in [-0.1, -0.05) is 45.9 Å². The molecule has 0 spiro atoms. The average Bonchev–Trinajstić information content (AvgIpc) is 3.96. The smallest absolute Gasteiger partial charge is 0.246 e. The van der Waals surface area contributed by atoms with Crippen LogP contribution in [0.1, 0.15) is 52.3 Å². The normalized spacial score (nSPS) is 16.7. The van der Waals surface area contributed by atoms with E-state index in [0.29, 0.717) is 17.0 Å². The molecule has 2 aromatic heterocycles. The number of H-pyrrole nitrogens is 2. The van der Waals surface area contributed by atoms with Crippen LogP contribution in [0.4, 0.5) is 4.48 Å². The lowest BCUT2D eigenvalue weighted by molar-refractivity contribution is -0.141. The van der Waals surface area contributed by atoms with Crippen LogP contribution in [-0.4, -0.2) is 116 Å². The molecule has 3 aromatic rings. The van der Waals surface area contributed by atoms with E-state index in [1.54, 1.807) is 20.0 Å². The molecule has 57 heavy (non-hydrogen) atoms. The molecule has 1 aliphatic heterocycles. The van der Waals surface area contributed by atoms with E-state index in [1.807, 2.05) is 38.1 Å². The molecular formula is C37H52FN11O7S. The van der Waals surface area contributed by atoms with Crippen molar-refractivity contribution < 1.29 is 38.0 Å². The van der Waals surface area contributed by atoms with E-state index < -0.39 is 90.1 Å². The molecule has 1 aliphatic rings. The van der Waals surface area contributed by atoms with E-state index in [4.69, 9.17) is 5.73 Å². The van der Waals surface area contributed by atoms with Crippen molar-refractivity contribution in [2.75, 3.05) is 18.2 Å². The van der Waals surface area contributed by atoms with Crippen LogP contribution in [0.3, 0.4) is 0 Å². The first-order chi connectivity index (χ1) is 27.1. The number of aromatic amines is 2. The van der Waals surface area contributed by atoms with Gasteiger partial charge in [0.05, 0.1) is 18.7 Å². The second-order valence-electron chi connectivity index (χ2n) is 14.7. The molecule has 3 heterocycles. The maximum atomic E-state index is 13.8. The molecule has 7 amide bonds. The van der Waals surface area contributed by atoms with Crippen LogP contribution in [0.5, 0.6) is 0 Å². The minimum absolute atomic E-state index is 0.00392. The summed E-state index contributed by atoms with van der Waals surface area (Å²) in [6, 6.07) is 0.727. The van der Waals surface area contributed by atoms with Crippen molar-refractivity contribution in [3.8, 4) is 0 Å². The summed E-state index contributed by atoms with van der Waals surface area (Å²) in [6.45, 7) is 7.91. The number of nitrogens with one attached hydrogen (secondary N) is 8. The highest BCUT2D eigenvalue weighted by molar-refractivity contribution is 7.99. The number of nitrogens with two attached hydrogens (primary N) is 1. The van der Waals surface area contributed by atoms with Crippen LogP contribution < -0.4 is 37.9 Å². The number of fused-ring (bicyclic) bond motifs is 1. The molecule has 4 rings (SSSR count). The van der Waals surface area contributed by atoms with E-state index in [0.717, 1.165) is 10.9 Å². The molecule has 10 N–H and O–H groups in total. The molecule has 0 unspecified atom stereocenters. The molecule has 6 atom stereocenters. The molecule has 0 bridgehead atoms. The predicted molar refractivity (Wildman–Crippen MR) is 210 cm³/mol. The highest BCUT2D eigenvalue weighted by Crippen LogP contribution is 2.23. The lowest BCUT2D eigenvalue weighted by Crippen LogP contribution is -2.58. The zero-order chi connectivity index (χ0) is 41.8. The summed E-state index contributed by atoms with van der Waals surface area (Å²) in [5.41, 5.74) is 9.05. The quantitative estimate of drug-likeness (QED) is 0.0672. The van der Waals surface area contributed by atoms with Crippen LogP contribution in [-0.2, 0) is 46.4 Å². The van der Waals surface area contributed by atoms with Crippen LogP contribution in [0, 0.1) is 11.8 Å². The summed E-state index contributed by atoms with van der Waals surface area (Å²) in [7, 11) is 0. The van der Waals surface area contributed by atoms with Gasteiger partial charge in [-0.3, -0.25) is 33.6 Å². The van der Waals surface area contributed by atoms with Gasteiger partial charge in [-0.15, -0.1) is 21.8 Å². The second kappa shape index (κ2) is 20.6. The highest BCUT2D eigenvalue weighted by atomic mass is 32.2. The van der Waals surface area contributed by atoms with Gasteiger partial charge in [0.25, 0.3) is 0 Å². The van der Waals surface area contributed by atoms with E-state index in [1.165, 1.54) is 41.6 Å². The van der Waals surface area contributed by atoms with Gasteiger partial charge in [-0.2, -0.15) is 0 Å². The van der Waals surface area contributed by atoms with Crippen molar-refractivity contribution in [2.24, 2.45) is 17.6 Å². The van der Waals surface area contributed by atoms with Crippen molar-refractivity contribution >= 4 is 64.0 Å². The zero-order valence-corrected chi connectivity index (χ0v) is 33.3. The molecule has 1 saturated heterocycles. The molecule has 1 aromatic carbocycles. The fourth-order valence-corrected chi connectivity index (χ4v) is 7.48. The van der Waals surface area contributed by atoms with Gasteiger partial charge in [-0.25, -0.2) is 4.98 Å². The Morgan fingerprint density at radius 3 is 2.26 bits per heavy atom. The third-order valence-electron chi connectivity index (χ3n) is 9.42. The molecule has 0 saturated carbocycles. The predicted octanol–water partition coefficient (Wildman–Crippen LogP) is -0.317. The molecule has 0 radical (unpaired) electrons. The highest BCUT2D eigenvalue weighted by Gasteiger charge is 2.38. The lowest BCUT2D eigenvalue weighted by atomic mass is 10.0.